The Bertz CT molecular complexity index is 359. The molecule has 18 heavy (non-hydrogen) atoms. The molecule has 1 amide bonds. The van der Waals surface area contributed by atoms with Gasteiger partial charge in [-0.1, -0.05) is 13.8 Å². The number of anilines is 1. The molecule has 0 aliphatic heterocycles. The second kappa shape index (κ2) is 8.48. The molecule has 0 atom stereocenters. The number of nitrogens with one attached hydrogen (secondary N) is 1. The van der Waals surface area contributed by atoms with Gasteiger partial charge in [-0.3, -0.25) is 9.69 Å². The zero-order chi connectivity index (χ0) is 13.4. The van der Waals surface area contributed by atoms with Gasteiger partial charge in [0.1, 0.15) is 0 Å². The fourth-order valence-electron chi connectivity index (χ4n) is 1.84. The summed E-state index contributed by atoms with van der Waals surface area (Å²) in [5.41, 5.74) is 0.869. The summed E-state index contributed by atoms with van der Waals surface area (Å²) in [5, 5.41) is 2.93. The zero-order valence-electron chi connectivity index (χ0n) is 11.1. The first-order valence-corrected chi connectivity index (χ1v) is 7.51. The number of rotatable bonds is 7. The standard InChI is InChI=1S/C14H21IN2O/c1-3-9-17(10-4-2)11-14(18)16-13-7-5-12(15)6-8-13/h5-8H,3-4,9-11H2,1-2H3,(H,16,18). The molecule has 0 heterocycles. The minimum absolute atomic E-state index is 0.0677. The third-order valence-corrected chi connectivity index (χ3v) is 3.29. The van der Waals surface area contributed by atoms with Crippen LogP contribution in [0.2, 0.25) is 0 Å². The van der Waals surface area contributed by atoms with Crippen LogP contribution in [0.5, 0.6) is 0 Å². The van der Waals surface area contributed by atoms with Crippen LogP contribution in [-0.4, -0.2) is 30.4 Å². The second-order valence-corrected chi connectivity index (χ2v) is 5.58. The van der Waals surface area contributed by atoms with E-state index < -0.39 is 0 Å². The Morgan fingerprint density at radius 3 is 2.22 bits per heavy atom. The van der Waals surface area contributed by atoms with Crippen molar-refractivity contribution in [3.63, 3.8) is 0 Å². The van der Waals surface area contributed by atoms with Crippen molar-refractivity contribution in [3.05, 3.63) is 27.8 Å². The van der Waals surface area contributed by atoms with Crippen molar-refractivity contribution >= 4 is 34.2 Å². The van der Waals surface area contributed by atoms with Gasteiger partial charge in [0.05, 0.1) is 6.54 Å². The molecule has 0 radical (unpaired) electrons. The fourth-order valence-corrected chi connectivity index (χ4v) is 2.20. The van der Waals surface area contributed by atoms with Gasteiger partial charge in [0, 0.05) is 9.26 Å². The summed E-state index contributed by atoms with van der Waals surface area (Å²) in [4.78, 5) is 14.1. The lowest BCUT2D eigenvalue weighted by Crippen LogP contribution is -2.34. The van der Waals surface area contributed by atoms with Crippen LogP contribution >= 0.6 is 22.6 Å². The number of hydrogen-bond donors (Lipinski definition) is 1. The molecule has 100 valence electrons. The van der Waals surface area contributed by atoms with Gasteiger partial charge >= 0.3 is 0 Å². The summed E-state index contributed by atoms with van der Waals surface area (Å²) < 4.78 is 1.17. The van der Waals surface area contributed by atoms with Crippen molar-refractivity contribution in [2.24, 2.45) is 0 Å². The Labute approximate surface area is 123 Å². The topological polar surface area (TPSA) is 32.3 Å². The van der Waals surface area contributed by atoms with E-state index in [1.165, 1.54) is 3.57 Å². The Morgan fingerprint density at radius 2 is 1.72 bits per heavy atom. The van der Waals surface area contributed by atoms with E-state index in [0.717, 1.165) is 31.6 Å². The molecular formula is C14H21IN2O. The summed E-state index contributed by atoms with van der Waals surface area (Å²) >= 11 is 2.25. The first-order valence-electron chi connectivity index (χ1n) is 6.43. The van der Waals surface area contributed by atoms with Crippen LogP contribution in [0.3, 0.4) is 0 Å². The summed E-state index contributed by atoms with van der Waals surface area (Å²) in [7, 11) is 0. The smallest absolute Gasteiger partial charge is 0.238 e. The first-order chi connectivity index (χ1) is 8.65. The van der Waals surface area contributed by atoms with E-state index in [0.29, 0.717) is 6.54 Å². The number of amides is 1. The van der Waals surface area contributed by atoms with E-state index in [2.05, 4.69) is 46.7 Å². The first kappa shape index (κ1) is 15.4. The van der Waals surface area contributed by atoms with Crippen LogP contribution in [-0.2, 0) is 4.79 Å². The third kappa shape index (κ3) is 5.82. The lowest BCUT2D eigenvalue weighted by atomic mass is 10.3. The van der Waals surface area contributed by atoms with Crippen molar-refractivity contribution in [1.82, 2.24) is 4.90 Å². The van der Waals surface area contributed by atoms with Gasteiger partial charge in [-0.05, 0) is 72.8 Å². The van der Waals surface area contributed by atoms with Crippen molar-refractivity contribution in [1.29, 1.82) is 0 Å². The normalized spacial score (nSPS) is 10.7. The van der Waals surface area contributed by atoms with Crippen LogP contribution in [0.25, 0.3) is 0 Å². The number of halogens is 1. The van der Waals surface area contributed by atoms with E-state index in [1.54, 1.807) is 0 Å². The summed E-state index contributed by atoms with van der Waals surface area (Å²) in [6.45, 7) is 6.72. The largest absolute Gasteiger partial charge is 0.325 e. The average Bonchev–Trinajstić information content (AvgIpc) is 2.33. The molecular weight excluding hydrogens is 339 g/mol. The molecule has 1 rings (SSSR count). The number of nitrogens with zero attached hydrogens (tertiary/aromatic N) is 1. The molecule has 1 aromatic carbocycles. The SMILES string of the molecule is CCCN(CCC)CC(=O)Nc1ccc(I)cc1. The Kier molecular flexibility index (Phi) is 7.27. The lowest BCUT2D eigenvalue weighted by Gasteiger charge is -2.20. The van der Waals surface area contributed by atoms with Crippen LogP contribution < -0.4 is 5.32 Å². The molecule has 1 N–H and O–H groups in total. The van der Waals surface area contributed by atoms with E-state index in [-0.39, 0.29) is 5.91 Å². The van der Waals surface area contributed by atoms with Gasteiger partial charge in [-0.15, -0.1) is 0 Å². The molecule has 0 aromatic heterocycles. The molecule has 0 unspecified atom stereocenters. The lowest BCUT2D eigenvalue weighted by molar-refractivity contribution is -0.117. The van der Waals surface area contributed by atoms with Gasteiger partial charge in [-0.25, -0.2) is 0 Å². The minimum atomic E-state index is 0.0677. The molecule has 0 saturated heterocycles. The molecule has 0 fully saturated rings. The van der Waals surface area contributed by atoms with Crippen molar-refractivity contribution in [2.75, 3.05) is 25.0 Å². The van der Waals surface area contributed by atoms with Gasteiger partial charge in [0.15, 0.2) is 0 Å². The Hall–Kier alpha value is -0.620. The van der Waals surface area contributed by atoms with Gasteiger partial charge < -0.3 is 5.32 Å². The predicted molar refractivity (Wildman–Crippen MR) is 84.8 cm³/mol. The summed E-state index contributed by atoms with van der Waals surface area (Å²) in [6, 6.07) is 7.85. The van der Waals surface area contributed by atoms with Crippen LogP contribution in [0, 0.1) is 3.57 Å². The van der Waals surface area contributed by atoms with Crippen molar-refractivity contribution < 1.29 is 4.79 Å². The van der Waals surface area contributed by atoms with Crippen molar-refractivity contribution in [2.45, 2.75) is 26.7 Å². The summed E-state index contributed by atoms with van der Waals surface area (Å²) in [6.07, 6.45) is 2.16. The molecule has 3 nitrogen and oxygen atoms in total. The van der Waals surface area contributed by atoms with E-state index in [1.807, 2.05) is 24.3 Å². The predicted octanol–water partition coefficient (Wildman–Crippen LogP) is 3.35. The molecule has 0 aliphatic carbocycles. The van der Waals surface area contributed by atoms with Crippen molar-refractivity contribution in [3.8, 4) is 0 Å². The quantitative estimate of drug-likeness (QED) is 0.757. The maximum atomic E-state index is 11.9. The number of benzene rings is 1. The van der Waals surface area contributed by atoms with Crippen LogP contribution in [0.4, 0.5) is 5.69 Å². The zero-order valence-corrected chi connectivity index (χ0v) is 13.2. The molecule has 0 saturated carbocycles. The van der Waals surface area contributed by atoms with Gasteiger partial charge in [-0.2, -0.15) is 0 Å². The molecule has 0 spiro atoms. The molecule has 1 aromatic rings. The van der Waals surface area contributed by atoms with Gasteiger partial charge in [0.2, 0.25) is 5.91 Å². The molecule has 4 heteroatoms. The Balaban J connectivity index is 2.46. The molecule has 0 aliphatic rings. The Morgan fingerprint density at radius 1 is 1.17 bits per heavy atom. The van der Waals surface area contributed by atoms with E-state index >= 15 is 0 Å². The second-order valence-electron chi connectivity index (χ2n) is 4.33. The number of hydrogen-bond acceptors (Lipinski definition) is 2. The summed E-state index contributed by atoms with van der Waals surface area (Å²) in [5.74, 6) is 0.0677. The minimum Gasteiger partial charge on any atom is -0.325 e. The number of carbonyl (C=O) groups excluding carboxylic acids is 1. The van der Waals surface area contributed by atoms with E-state index in [9.17, 15) is 4.79 Å². The molecule has 0 bridgehead atoms. The van der Waals surface area contributed by atoms with Crippen LogP contribution in [0.1, 0.15) is 26.7 Å². The number of carbonyl (C=O) groups is 1. The average molecular weight is 360 g/mol. The van der Waals surface area contributed by atoms with Crippen LogP contribution in [0.15, 0.2) is 24.3 Å². The highest BCUT2D eigenvalue weighted by Crippen LogP contribution is 2.11. The maximum absolute atomic E-state index is 11.9. The fraction of sp³-hybridized carbons (Fsp3) is 0.500. The highest BCUT2D eigenvalue weighted by molar-refractivity contribution is 14.1. The highest BCUT2D eigenvalue weighted by atomic mass is 127. The van der Waals surface area contributed by atoms with Gasteiger partial charge in [0.25, 0.3) is 0 Å². The monoisotopic (exact) mass is 360 g/mol. The van der Waals surface area contributed by atoms with E-state index in [4.69, 9.17) is 0 Å². The highest BCUT2D eigenvalue weighted by Gasteiger charge is 2.09. The maximum Gasteiger partial charge on any atom is 0.238 e. The third-order valence-electron chi connectivity index (χ3n) is 2.57.